The average molecular weight is 396 g/mol. The normalized spacial score (nSPS) is 10.5. The molecule has 0 unspecified atom stereocenters. The van der Waals surface area contributed by atoms with Crippen LogP contribution in [0.2, 0.25) is 0 Å². The molecule has 28 heavy (non-hydrogen) atoms. The van der Waals surface area contributed by atoms with Gasteiger partial charge >= 0.3 is 0 Å². The Morgan fingerprint density at radius 3 is 2.54 bits per heavy atom. The molecule has 0 saturated carbocycles. The van der Waals surface area contributed by atoms with Gasteiger partial charge in [-0.15, -0.1) is 10.2 Å². The first-order valence-electron chi connectivity index (χ1n) is 8.82. The SMILES string of the molecule is CCc1ccccc1NC(=O)CNC(=O)CSc1nnc(-c2ccccc2)o1. The summed E-state index contributed by atoms with van der Waals surface area (Å²) in [6, 6.07) is 17.0. The van der Waals surface area contributed by atoms with Crippen molar-refractivity contribution in [3.8, 4) is 11.5 Å². The molecule has 2 N–H and O–H groups in total. The molecule has 2 amide bonds. The third kappa shape index (κ3) is 5.43. The third-order valence-corrected chi connectivity index (χ3v) is 4.69. The minimum Gasteiger partial charge on any atom is -0.411 e. The molecule has 2 aromatic carbocycles. The zero-order chi connectivity index (χ0) is 19.8. The van der Waals surface area contributed by atoms with Gasteiger partial charge < -0.3 is 15.1 Å². The number of amides is 2. The lowest BCUT2D eigenvalue weighted by Crippen LogP contribution is -2.34. The van der Waals surface area contributed by atoms with Gasteiger partial charge in [0.2, 0.25) is 17.7 Å². The van der Waals surface area contributed by atoms with Crippen LogP contribution in [0.1, 0.15) is 12.5 Å². The van der Waals surface area contributed by atoms with Crippen molar-refractivity contribution in [1.29, 1.82) is 0 Å². The van der Waals surface area contributed by atoms with Crippen LogP contribution in [0.5, 0.6) is 0 Å². The molecule has 0 atom stereocenters. The fourth-order valence-corrected chi connectivity index (χ4v) is 3.06. The van der Waals surface area contributed by atoms with Gasteiger partial charge in [0.25, 0.3) is 5.22 Å². The van der Waals surface area contributed by atoms with Gasteiger partial charge in [-0.05, 0) is 30.2 Å². The maximum atomic E-state index is 12.0. The van der Waals surface area contributed by atoms with Gasteiger partial charge in [-0.2, -0.15) is 0 Å². The Labute approximate surface area is 166 Å². The molecule has 0 saturated heterocycles. The van der Waals surface area contributed by atoms with E-state index in [1.54, 1.807) is 0 Å². The summed E-state index contributed by atoms with van der Waals surface area (Å²) in [5.41, 5.74) is 2.62. The molecule has 3 aromatic rings. The number of para-hydroxylation sites is 1. The van der Waals surface area contributed by atoms with Crippen molar-refractivity contribution < 1.29 is 14.0 Å². The molecule has 3 rings (SSSR count). The summed E-state index contributed by atoms with van der Waals surface area (Å²) < 4.78 is 5.53. The number of carbonyl (C=O) groups excluding carboxylic acids is 2. The van der Waals surface area contributed by atoms with Crippen molar-refractivity contribution >= 4 is 29.3 Å². The molecule has 0 fully saturated rings. The number of nitrogens with zero attached hydrogens (tertiary/aromatic N) is 2. The Balaban J connectivity index is 1.43. The van der Waals surface area contributed by atoms with Crippen LogP contribution in [0.3, 0.4) is 0 Å². The van der Waals surface area contributed by atoms with E-state index in [1.165, 1.54) is 0 Å². The fraction of sp³-hybridized carbons (Fsp3) is 0.200. The van der Waals surface area contributed by atoms with E-state index in [2.05, 4.69) is 20.8 Å². The molecular formula is C20H20N4O3S. The van der Waals surface area contributed by atoms with Crippen LogP contribution in [-0.2, 0) is 16.0 Å². The molecule has 0 aliphatic carbocycles. The molecule has 7 nitrogen and oxygen atoms in total. The number of anilines is 1. The summed E-state index contributed by atoms with van der Waals surface area (Å²) in [4.78, 5) is 24.0. The van der Waals surface area contributed by atoms with E-state index >= 15 is 0 Å². The smallest absolute Gasteiger partial charge is 0.277 e. The van der Waals surface area contributed by atoms with E-state index in [0.717, 1.165) is 35.0 Å². The number of hydrogen-bond donors (Lipinski definition) is 2. The summed E-state index contributed by atoms with van der Waals surface area (Å²) in [6.45, 7) is 1.92. The highest BCUT2D eigenvalue weighted by atomic mass is 32.2. The van der Waals surface area contributed by atoms with E-state index in [0.29, 0.717) is 11.1 Å². The van der Waals surface area contributed by atoms with E-state index in [1.807, 2.05) is 61.5 Å². The standard InChI is InChI=1S/C20H20N4O3S/c1-2-14-8-6-7-11-16(14)22-17(25)12-21-18(26)13-28-20-24-23-19(27-20)15-9-4-3-5-10-15/h3-11H,2,12-13H2,1H3,(H,21,26)(H,22,25). The molecule has 0 spiro atoms. The van der Waals surface area contributed by atoms with Gasteiger partial charge in [0.1, 0.15) is 0 Å². The van der Waals surface area contributed by atoms with Gasteiger partial charge in [0.05, 0.1) is 12.3 Å². The first kappa shape index (κ1) is 19.6. The zero-order valence-electron chi connectivity index (χ0n) is 15.3. The fourth-order valence-electron chi connectivity index (χ4n) is 2.47. The molecule has 8 heteroatoms. The Morgan fingerprint density at radius 2 is 1.75 bits per heavy atom. The first-order valence-corrected chi connectivity index (χ1v) is 9.80. The number of thioether (sulfide) groups is 1. The summed E-state index contributed by atoms with van der Waals surface area (Å²) in [5, 5.41) is 13.6. The van der Waals surface area contributed by atoms with Gasteiger partial charge in [0.15, 0.2) is 0 Å². The molecule has 144 valence electrons. The lowest BCUT2D eigenvalue weighted by atomic mass is 10.1. The molecule has 0 aliphatic heterocycles. The predicted molar refractivity (Wildman–Crippen MR) is 108 cm³/mol. The molecule has 0 bridgehead atoms. The summed E-state index contributed by atoms with van der Waals surface area (Å²) in [5.74, 6) is -0.0841. The van der Waals surface area contributed by atoms with Crippen molar-refractivity contribution in [2.24, 2.45) is 0 Å². The van der Waals surface area contributed by atoms with Crippen LogP contribution in [0.15, 0.2) is 64.2 Å². The number of carbonyl (C=O) groups is 2. The number of aryl methyl sites for hydroxylation is 1. The third-order valence-electron chi connectivity index (χ3n) is 3.87. The maximum Gasteiger partial charge on any atom is 0.277 e. The second-order valence-electron chi connectivity index (χ2n) is 5.86. The highest BCUT2D eigenvalue weighted by Gasteiger charge is 2.12. The summed E-state index contributed by atoms with van der Waals surface area (Å²) in [7, 11) is 0. The Morgan fingerprint density at radius 1 is 1.00 bits per heavy atom. The minimum absolute atomic E-state index is 0.0786. The van der Waals surface area contributed by atoms with Gasteiger partial charge in [-0.1, -0.05) is 55.1 Å². The summed E-state index contributed by atoms with van der Waals surface area (Å²) >= 11 is 1.12. The van der Waals surface area contributed by atoms with Crippen LogP contribution < -0.4 is 10.6 Å². The molecule has 0 aliphatic rings. The van der Waals surface area contributed by atoms with Crippen LogP contribution in [0, 0.1) is 0 Å². The van der Waals surface area contributed by atoms with E-state index < -0.39 is 0 Å². The lowest BCUT2D eigenvalue weighted by Gasteiger charge is -2.10. The number of benzene rings is 2. The Hall–Kier alpha value is -3.13. The monoisotopic (exact) mass is 396 g/mol. The van der Waals surface area contributed by atoms with Crippen LogP contribution >= 0.6 is 11.8 Å². The summed E-state index contributed by atoms with van der Waals surface area (Å²) in [6.07, 6.45) is 0.814. The molecule has 1 aromatic heterocycles. The van der Waals surface area contributed by atoms with Crippen LogP contribution in [0.4, 0.5) is 5.69 Å². The quantitative estimate of drug-likeness (QED) is 0.568. The van der Waals surface area contributed by atoms with Gasteiger partial charge in [-0.25, -0.2) is 0 Å². The van der Waals surface area contributed by atoms with Crippen molar-refractivity contribution in [2.45, 2.75) is 18.6 Å². The topological polar surface area (TPSA) is 97.1 Å². The maximum absolute atomic E-state index is 12.0. The lowest BCUT2D eigenvalue weighted by molar-refractivity contribution is -0.122. The van der Waals surface area contributed by atoms with E-state index in [4.69, 9.17) is 4.42 Å². The van der Waals surface area contributed by atoms with Crippen LogP contribution in [0.25, 0.3) is 11.5 Å². The van der Waals surface area contributed by atoms with Crippen molar-refractivity contribution in [3.63, 3.8) is 0 Å². The molecule has 1 heterocycles. The largest absolute Gasteiger partial charge is 0.411 e. The Kier molecular flexibility index (Phi) is 6.80. The van der Waals surface area contributed by atoms with Gasteiger partial charge in [0, 0.05) is 11.3 Å². The predicted octanol–water partition coefficient (Wildman–Crippen LogP) is 3.15. The molecule has 0 radical (unpaired) electrons. The van der Waals surface area contributed by atoms with E-state index in [9.17, 15) is 9.59 Å². The minimum atomic E-state index is -0.289. The average Bonchev–Trinajstić information content (AvgIpc) is 3.21. The van der Waals surface area contributed by atoms with Crippen LogP contribution in [-0.4, -0.2) is 34.3 Å². The van der Waals surface area contributed by atoms with Gasteiger partial charge in [-0.3, -0.25) is 9.59 Å². The number of rotatable bonds is 8. The zero-order valence-corrected chi connectivity index (χ0v) is 16.2. The number of hydrogen-bond acceptors (Lipinski definition) is 6. The Bertz CT molecular complexity index is 943. The van der Waals surface area contributed by atoms with Crippen molar-refractivity contribution in [2.75, 3.05) is 17.6 Å². The first-order chi connectivity index (χ1) is 13.7. The highest BCUT2D eigenvalue weighted by molar-refractivity contribution is 7.99. The van der Waals surface area contributed by atoms with Crippen molar-refractivity contribution in [1.82, 2.24) is 15.5 Å². The van der Waals surface area contributed by atoms with E-state index in [-0.39, 0.29) is 24.1 Å². The second-order valence-corrected chi connectivity index (χ2v) is 6.79. The molecular weight excluding hydrogens is 376 g/mol. The number of aromatic nitrogens is 2. The highest BCUT2D eigenvalue weighted by Crippen LogP contribution is 2.22. The number of nitrogens with one attached hydrogen (secondary N) is 2. The second kappa shape index (κ2) is 9.70. The van der Waals surface area contributed by atoms with Crippen molar-refractivity contribution in [3.05, 3.63) is 60.2 Å².